The molecule has 31 heavy (non-hydrogen) atoms. The highest BCUT2D eigenvalue weighted by Gasteiger charge is 2.23. The summed E-state index contributed by atoms with van der Waals surface area (Å²) in [5.74, 6) is -0.0150. The predicted molar refractivity (Wildman–Crippen MR) is 117 cm³/mol. The third-order valence-electron chi connectivity index (χ3n) is 6.00. The van der Waals surface area contributed by atoms with Crippen LogP contribution in [0.25, 0.3) is 0 Å². The van der Waals surface area contributed by atoms with Crippen molar-refractivity contribution in [2.24, 2.45) is 0 Å². The molecule has 0 aliphatic carbocycles. The Morgan fingerprint density at radius 1 is 1.29 bits per heavy atom. The van der Waals surface area contributed by atoms with Gasteiger partial charge in [-0.15, -0.1) is 0 Å². The molecule has 0 bridgehead atoms. The largest absolute Gasteiger partial charge is 0.379 e. The molecule has 0 spiro atoms. The molecule has 2 aromatic rings. The van der Waals surface area contributed by atoms with E-state index in [1.807, 2.05) is 6.92 Å². The first-order valence-corrected chi connectivity index (χ1v) is 11.1. The second kappa shape index (κ2) is 10.2. The summed E-state index contributed by atoms with van der Waals surface area (Å²) in [5.41, 5.74) is 1.88. The van der Waals surface area contributed by atoms with Crippen molar-refractivity contribution in [3.05, 3.63) is 53.2 Å². The van der Waals surface area contributed by atoms with Crippen molar-refractivity contribution in [1.29, 1.82) is 0 Å². The third-order valence-corrected chi connectivity index (χ3v) is 6.00. The number of nitrogens with one attached hydrogen (secondary N) is 2. The zero-order valence-electron chi connectivity index (χ0n) is 17.9. The van der Waals surface area contributed by atoms with Crippen LogP contribution in [0.4, 0.5) is 10.2 Å². The van der Waals surface area contributed by atoms with Gasteiger partial charge < -0.3 is 20.3 Å². The van der Waals surface area contributed by atoms with Crippen LogP contribution < -0.4 is 10.6 Å². The SMILES string of the molecule is CC(c1ccc(F)cc1)c1nc(C(=O)N[C@@H]2CCOC2)cnc1NCCN1CCCC1. The first kappa shape index (κ1) is 21.6. The molecule has 1 aromatic heterocycles. The van der Waals surface area contributed by atoms with Crippen LogP contribution in [-0.4, -0.2) is 66.2 Å². The fourth-order valence-electron chi connectivity index (χ4n) is 4.11. The molecule has 166 valence electrons. The van der Waals surface area contributed by atoms with Crippen LogP contribution in [-0.2, 0) is 4.74 Å². The van der Waals surface area contributed by atoms with Gasteiger partial charge in [0.05, 0.1) is 24.5 Å². The average molecular weight is 428 g/mol. The number of aromatic nitrogens is 2. The summed E-state index contributed by atoms with van der Waals surface area (Å²) in [6.07, 6.45) is 4.82. The zero-order chi connectivity index (χ0) is 21.6. The van der Waals surface area contributed by atoms with Crippen LogP contribution in [0, 0.1) is 5.82 Å². The summed E-state index contributed by atoms with van der Waals surface area (Å²) in [6.45, 7) is 7.14. The minimum Gasteiger partial charge on any atom is -0.379 e. The number of hydrogen-bond acceptors (Lipinski definition) is 6. The van der Waals surface area contributed by atoms with Crippen LogP contribution in [0.3, 0.4) is 0 Å². The zero-order valence-corrected chi connectivity index (χ0v) is 17.9. The maximum Gasteiger partial charge on any atom is 0.271 e. The number of ether oxygens (including phenoxy) is 1. The minimum absolute atomic E-state index is 0.00512. The lowest BCUT2D eigenvalue weighted by Gasteiger charge is -2.19. The average Bonchev–Trinajstić information content (AvgIpc) is 3.48. The van der Waals surface area contributed by atoms with E-state index in [0.29, 0.717) is 24.7 Å². The van der Waals surface area contributed by atoms with E-state index < -0.39 is 0 Å². The van der Waals surface area contributed by atoms with Crippen molar-refractivity contribution in [3.63, 3.8) is 0 Å². The van der Waals surface area contributed by atoms with Gasteiger partial charge in [0.15, 0.2) is 0 Å². The van der Waals surface area contributed by atoms with Gasteiger partial charge in [-0.3, -0.25) is 4.79 Å². The van der Waals surface area contributed by atoms with Gasteiger partial charge in [-0.25, -0.2) is 14.4 Å². The number of carbonyl (C=O) groups excluding carboxylic acids is 1. The van der Waals surface area contributed by atoms with E-state index in [2.05, 4.69) is 25.5 Å². The highest BCUT2D eigenvalue weighted by atomic mass is 19.1. The van der Waals surface area contributed by atoms with Gasteiger partial charge in [0.25, 0.3) is 5.91 Å². The van der Waals surface area contributed by atoms with Gasteiger partial charge in [-0.1, -0.05) is 19.1 Å². The smallest absolute Gasteiger partial charge is 0.271 e. The van der Waals surface area contributed by atoms with Crippen LogP contribution in [0.5, 0.6) is 0 Å². The number of hydrogen-bond donors (Lipinski definition) is 2. The number of anilines is 1. The molecule has 2 saturated heterocycles. The normalized spacial score (nSPS) is 20.0. The van der Waals surface area contributed by atoms with Gasteiger partial charge >= 0.3 is 0 Å². The standard InChI is InChI=1S/C23H30FN5O2/c1-16(17-4-6-18(24)7-5-17)21-22(25-9-12-29-10-2-3-11-29)26-14-20(28-21)23(30)27-19-8-13-31-15-19/h4-7,14,16,19H,2-3,8-13,15H2,1H3,(H,25,26)(H,27,30)/t16?,19-/m1/s1. The Hall–Kier alpha value is -2.58. The van der Waals surface area contributed by atoms with Crippen molar-refractivity contribution < 1.29 is 13.9 Å². The monoisotopic (exact) mass is 427 g/mol. The summed E-state index contributed by atoms with van der Waals surface area (Å²) < 4.78 is 18.7. The lowest BCUT2D eigenvalue weighted by atomic mass is 9.97. The van der Waals surface area contributed by atoms with Crippen LogP contribution in [0.1, 0.15) is 53.8 Å². The molecule has 0 radical (unpaired) electrons. The first-order chi connectivity index (χ1) is 15.1. The maximum atomic E-state index is 13.4. The van der Waals surface area contributed by atoms with Gasteiger partial charge in [0.2, 0.25) is 0 Å². The van der Waals surface area contributed by atoms with Crippen molar-refractivity contribution in [3.8, 4) is 0 Å². The molecule has 2 fully saturated rings. The molecule has 0 saturated carbocycles. The summed E-state index contributed by atoms with van der Waals surface area (Å²) >= 11 is 0. The summed E-state index contributed by atoms with van der Waals surface area (Å²) in [5, 5.41) is 6.37. The van der Waals surface area contributed by atoms with Gasteiger partial charge in [0.1, 0.15) is 17.3 Å². The Labute approximate surface area is 182 Å². The van der Waals surface area contributed by atoms with E-state index in [0.717, 1.165) is 38.2 Å². The fraction of sp³-hybridized carbons (Fsp3) is 0.522. The second-order valence-electron chi connectivity index (χ2n) is 8.27. The lowest BCUT2D eigenvalue weighted by molar-refractivity contribution is 0.0924. The molecule has 4 rings (SSSR count). The van der Waals surface area contributed by atoms with Gasteiger partial charge in [-0.2, -0.15) is 0 Å². The molecular formula is C23H30FN5O2. The van der Waals surface area contributed by atoms with Crippen molar-refractivity contribution in [2.75, 3.05) is 44.7 Å². The molecular weight excluding hydrogens is 397 g/mol. The second-order valence-corrected chi connectivity index (χ2v) is 8.27. The molecule has 1 unspecified atom stereocenters. The van der Waals surface area contributed by atoms with Gasteiger partial charge in [-0.05, 0) is 50.0 Å². The Bertz CT molecular complexity index is 880. The van der Waals surface area contributed by atoms with Crippen LogP contribution in [0.15, 0.2) is 30.5 Å². The molecule has 3 heterocycles. The molecule has 2 aliphatic heterocycles. The summed E-state index contributed by atoms with van der Waals surface area (Å²) in [4.78, 5) is 24.4. The van der Waals surface area contributed by atoms with E-state index in [4.69, 9.17) is 4.74 Å². The van der Waals surface area contributed by atoms with E-state index in [1.54, 1.807) is 12.1 Å². The van der Waals surface area contributed by atoms with Crippen molar-refractivity contribution in [2.45, 2.75) is 38.1 Å². The number of carbonyl (C=O) groups is 1. The Morgan fingerprint density at radius 2 is 2.06 bits per heavy atom. The lowest BCUT2D eigenvalue weighted by Crippen LogP contribution is -2.35. The summed E-state index contributed by atoms with van der Waals surface area (Å²) in [7, 11) is 0. The Morgan fingerprint density at radius 3 is 2.77 bits per heavy atom. The quantitative estimate of drug-likeness (QED) is 0.675. The minimum atomic E-state index is -0.280. The van der Waals surface area contributed by atoms with Crippen molar-refractivity contribution >= 4 is 11.7 Å². The molecule has 8 heteroatoms. The van der Waals surface area contributed by atoms with Gasteiger partial charge in [0, 0.05) is 25.6 Å². The number of likely N-dealkylation sites (tertiary alicyclic amines) is 1. The van der Waals surface area contributed by atoms with Crippen LogP contribution >= 0.6 is 0 Å². The third kappa shape index (κ3) is 5.57. The molecule has 2 atom stereocenters. The van der Waals surface area contributed by atoms with E-state index in [-0.39, 0.29) is 29.4 Å². The number of halogens is 1. The highest BCUT2D eigenvalue weighted by molar-refractivity contribution is 5.92. The number of benzene rings is 1. The van der Waals surface area contributed by atoms with E-state index in [1.165, 1.54) is 31.2 Å². The number of amides is 1. The van der Waals surface area contributed by atoms with E-state index >= 15 is 0 Å². The molecule has 2 N–H and O–H groups in total. The Balaban J connectivity index is 1.53. The van der Waals surface area contributed by atoms with Crippen molar-refractivity contribution in [1.82, 2.24) is 20.2 Å². The number of nitrogens with zero attached hydrogens (tertiary/aromatic N) is 3. The Kier molecular flexibility index (Phi) is 7.09. The fourth-order valence-corrected chi connectivity index (χ4v) is 4.11. The molecule has 2 aliphatic rings. The summed E-state index contributed by atoms with van der Waals surface area (Å²) in [6, 6.07) is 6.38. The molecule has 7 nitrogen and oxygen atoms in total. The van der Waals surface area contributed by atoms with Crippen LogP contribution in [0.2, 0.25) is 0 Å². The first-order valence-electron chi connectivity index (χ1n) is 11.1. The predicted octanol–water partition coefficient (Wildman–Crippen LogP) is 2.79. The molecule has 1 aromatic carbocycles. The van der Waals surface area contributed by atoms with E-state index in [9.17, 15) is 9.18 Å². The molecule has 1 amide bonds. The number of rotatable bonds is 8. The highest BCUT2D eigenvalue weighted by Crippen LogP contribution is 2.27. The topological polar surface area (TPSA) is 79.4 Å². The maximum absolute atomic E-state index is 13.4.